The highest BCUT2D eigenvalue weighted by molar-refractivity contribution is 6.17. The molecule has 0 saturated carbocycles. The first-order valence-electron chi connectivity index (χ1n) is 9.79. The van der Waals surface area contributed by atoms with Crippen molar-refractivity contribution in [3.05, 3.63) is 63.2 Å². The zero-order valence-corrected chi connectivity index (χ0v) is 18.3. The van der Waals surface area contributed by atoms with Crippen molar-refractivity contribution in [1.82, 2.24) is 0 Å². The number of carbonyl (C=O) groups excluding carboxylic acids is 2. The molecule has 2 aromatic carbocycles. The van der Waals surface area contributed by atoms with Crippen LogP contribution in [0.5, 0.6) is 17.2 Å². The molecular weight excluding hydrogens is 463 g/mol. The molecule has 0 aromatic heterocycles. The predicted molar refractivity (Wildman–Crippen MR) is 112 cm³/mol. The molecule has 0 radical (unpaired) electrons. The molecule has 9 nitrogen and oxygen atoms in total. The molecule has 0 amide bonds. The summed E-state index contributed by atoms with van der Waals surface area (Å²) in [5.74, 6) is -2.29. The number of carbonyl (C=O) groups is 2. The number of nitrogens with zero attached hydrogens (tertiary/aromatic N) is 1. The Kier molecular flexibility index (Phi) is 8.59. The summed E-state index contributed by atoms with van der Waals surface area (Å²) in [6.07, 6.45) is -3.58. The first kappa shape index (κ1) is 26.2. The second-order valence-electron chi connectivity index (χ2n) is 6.45. The molecule has 0 fully saturated rings. The zero-order valence-electron chi connectivity index (χ0n) is 18.3. The van der Waals surface area contributed by atoms with Crippen LogP contribution in [0.25, 0.3) is 6.08 Å². The lowest BCUT2D eigenvalue weighted by Gasteiger charge is -2.13. The second kappa shape index (κ2) is 11.2. The molecular formula is C22H20F3NO8. The number of nitro benzene ring substituents is 1. The van der Waals surface area contributed by atoms with Gasteiger partial charge in [0.15, 0.2) is 11.5 Å². The summed E-state index contributed by atoms with van der Waals surface area (Å²) in [6.45, 7) is 3.18. The Morgan fingerprint density at radius 3 is 2.06 bits per heavy atom. The third-order valence-electron chi connectivity index (χ3n) is 4.19. The van der Waals surface area contributed by atoms with Crippen LogP contribution in [0.4, 0.5) is 18.9 Å². The normalized spacial score (nSPS) is 10.8. The fourth-order valence-electron chi connectivity index (χ4n) is 2.68. The van der Waals surface area contributed by atoms with Crippen LogP contribution in [-0.2, 0) is 25.2 Å². The number of rotatable bonds is 9. The lowest BCUT2D eigenvalue weighted by atomic mass is 10.1. The molecule has 182 valence electrons. The van der Waals surface area contributed by atoms with Gasteiger partial charge in [0.2, 0.25) is 5.75 Å². The summed E-state index contributed by atoms with van der Waals surface area (Å²) in [5.41, 5.74) is -2.18. The summed E-state index contributed by atoms with van der Waals surface area (Å²) in [4.78, 5) is 34.6. The highest BCUT2D eigenvalue weighted by Crippen LogP contribution is 2.40. The van der Waals surface area contributed by atoms with E-state index in [0.29, 0.717) is 17.7 Å². The molecule has 0 aliphatic heterocycles. The topological polar surface area (TPSA) is 114 Å². The van der Waals surface area contributed by atoms with E-state index in [-0.39, 0.29) is 30.3 Å². The molecule has 0 bridgehead atoms. The van der Waals surface area contributed by atoms with E-state index in [1.807, 2.05) is 0 Å². The number of methoxy groups -OCH3 is 1. The maximum Gasteiger partial charge on any atom is 0.416 e. The molecule has 0 N–H and O–H groups in total. The fraction of sp³-hybridized carbons (Fsp3) is 0.273. The van der Waals surface area contributed by atoms with Crippen molar-refractivity contribution in [3.63, 3.8) is 0 Å². The summed E-state index contributed by atoms with van der Waals surface area (Å²) in [5, 5.41) is 11.3. The van der Waals surface area contributed by atoms with Gasteiger partial charge in [-0.05, 0) is 49.8 Å². The molecule has 0 atom stereocenters. The van der Waals surface area contributed by atoms with Gasteiger partial charge >= 0.3 is 23.8 Å². The minimum absolute atomic E-state index is 0.0232. The average molecular weight is 483 g/mol. The largest absolute Gasteiger partial charge is 0.493 e. The van der Waals surface area contributed by atoms with Crippen LogP contribution < -0.4 is 9.47 Å². The van der Waals surface area contributed by atoms with E-state index in [4.69, 9.17) is 18.9 Å². The van der Waals surface area contributed by atoms with E-state index in [2.05, 4.69) is 0 Å². The van der Waals surface area contributed by atoms with Gasteiger partial charge in [0.25, 0.3) is 0 Å². The van der Waals surface area contributed by atoms with Gasteiger partial charge in [-0.3, -0.25) is 10.1 Å². The molecule has 12 heteroatoms. The molecule has 0 spiro atoms. The first-order valence-corrected chi connectivity index (χ1v) is 9.79. The van der Waals surface area contributed by atoms with Crippen molar-refractivity contribution in [2.24, 2.45) is 0 Å². The van der Waals surface area contributed by atoms with Gasteiger partial charge in [-0.15, -0.1) is 0 Å². The maximum absolute atomic E-state index is 12.9. The van der Waals surface area contributed by atoms with Crippen LogP contribution in [0.3, 0.4) is 0 Å². The van der Waals surface area contributed by atoms with Crippen LogP contribution in [-0.4, -0.2) is 37.2 Å². The predicted octanol–water partition coefficient (Wildman–Crippen LogP) is 4.92. The lowest BCUT2D eigenvalue weighted by Crippen LogP contribution is -2.18. The summed E-state index contributed by atoms with van der Waals surface area (Å²) in [6, 6.07) is 5.89. The van der Waals surface area contributed by atoms with Gasteiger partial charge in [-0.2, -0.15) is 13.2 Å². The Bertz CT molecular complexity index is 1090. The van der Waals surface area contributed by atoms with Gasteiger partial charge in [-0.1, -0.05) is 6.07 Å². The molecule has 0 unspecified atom stereocenters. The Balaban J connectivity index is 2.46. The smallest absolute Gasteiger partial charge is 0.416 e. The summed E-state index contributed by atoms with van der Waals surface area (Å²) in [7, 11) is 1.26. The van der Waals surface area contributed by atoms with E-state index in [9.17, 15) is 32.9 Å². The van der Waals surface area contributed by atoms with Crippen LogP contribution in [0, 0.1) is 10.1 Å². The van der Waals surface area contributed by atoms with Crippen LogP contribution in [0.2, 0.25) is 0 Å². The number of hydrogen-bond acceptors (Lipinski definition) is 8. The van der Waals surface area contributed by atoms with Crippen molar-refractivity contribution in [3.8, 4) is 17.2 Å². The third-order valence-corrected chi connectivity index (χ3v) is 4.19. The standard InChI is InChI=1S/C22H20F3NO8/c1-4-32-20(27)15(21(28)33-5-2)10-13-6-8-18(19(11-13)31-3)34-17-9-7-14(22(23,24)25)12-16(17)26(29)30/h6-12H,4-5H2,1-3H3. The van der Waals surface area contributed by atoms with Crippen LogP contribution in [0.15, 0.2) is 42.0 Å². The third kappa shape index (κ3) is 6.47. The van der Waals surface area contributed by atoms with Crippen molar-refractivity contribution in [2.75, 3.05) is 20.3 Å². The number of ether oxygens (including phenoxy) is 4. The van der Waals surface area contributed by atoms with E-state index in [0.717, 1.165) is 6.07 Å². The molecule has 34 heavy (non-hydrogen) atoms. The number of nitro groups is 1. The number of esters is 2. The van der Waals surface area contributed by atoms with Crippen LogP contribution >= 0.6 is 0 Å². The zero-order chi connectivity index (χ0) is 25.5. The Morgan fingerprint density at radius 1 is 0.971 bits per heavy atom. The number of benzene rings is 2. The minimum atomic E-state index is -4.77. The van der Waals surface area contributed by atoms with Gasteiger partial charge in [0, 0.05) is 6.07 Å². The van der Waals surface area contributed by atoms with Crippen molar-refractivity contribution >= 4 is 23.7 Å². The van der Waals surface area contributed by atoms with Crippen molar-refractivity contribution < 1.29 is 46.6 Å². The van der Waals surface area contributed by atoms with Gasteiger partial charge < -0.3 is 18.9 Å². The molecule has 0 aliphatic rings. The van der Waals surface area contributed by atoms with Gasteiger partial charge in [-0.25, -0.2) is 9.59 Å². The monoisotopic (exact) mass is 483 g/mol. The maximum atomic E-state index is 12.9. The Hall–Kier alpha value is -4.09. The number of halogens is 3. The van der Waals surface area contributed by atoms with E-state index in [1.165, 1.54) is 31.4 Å². The minimum Gasteiger partial charge on any atom is -0.493 e. The Labute approximate surface area is 191 Å². The van der Waals surface area contributed by atoms with E-state index < -0.39 is 40.0 Å². The fourth-order valence-corrected chi connectivity index (χ4v) is 2.68. The molecule has 2 aromatic rings. The SMILES string of the molecule is CCOC(=O)C(=Cc1ccc(Oc2ccc(C(F)(F)F)cc2[N+](=O)[O-])c(OC)c1)C(=O)OCC. The van der Waals surface area contributed by atoms with Crippen molar-refractivity contribution in [1.29, 1.82) is 0 Å². The quantitative estimate of drug-likeness (QED) is 0.123. The number of hydrogen-bond donors (Lipinski definition) is 0. The van der Waals surface area contributed by atoms with Gasteiger partial charge in [0.05, 0.1) is 30.8 Å². The Morgan fingerprint density at radius 2 is 1.56 bits per heavy atom. The van der Waals surface area contributed by atoms with Crippen LogP contribution in [0.1, 0.15) is 25.0 Å². The number of alkyl halides is 3. The molecule has 2 rings (SSSR count). The van der Waals surface area contributed by atoms with Crippen molar-refractivity contribution in [2.45, 2.75) is 20.0 Å². The molecule has 0 aliphatic carbocycles. The van der Waals surface area contributed by atoms with E-state index >= 15 is 0 Å². The highest BCUT2D eigenvalue weighted by atomic mass is 19.4. The molecule has 0 heterocycles. The first-order chi connectivity index (χ1) is 16.0. The summed E-state index contributed by atoms with van der Waals surface area (Å²) >= 11 is 0. The average Bonchev–Trinajstić information content (AvgIpc) is 2.77. The van der Waals surface area contributed by atoms with E-state index in [1.54, 1.807) is 13.8 Å². The second-order valence-corrected chi connectivity index (χ2v) is 6.45. The molecule has 0 saturated heterocycles. The summed E-state index contributed by atoms with van der Waals surface area (Å²) < 4.78 is 59.1. The van der Waals surface area contributed by atoms with Gasteiger partial charge in [0.1, 0.15) is 5.57 Å². The highest BCUT2D eigenvalue weighted by Gasteiger charge is 2.33. The lowest BCUT2D eigenvalue weighted by molar-refractivity contribution is -0.385.